The van der Waals surface area contributed by atoms with Gasteiger partial charge in [-0.15, -0.1) is 0 Å². The van der Waals surface area contributed by atoms with Crippen LogP contribution in [-0.2, 0) is 31.3 Å². The number of carboxylic acid groups (broad SMARTS) is 2. The first-order valence-corrected chi connectivity index (χ1v) is 19.4. The Kier molecular flexibility index (Phi) is 54.9. The number of hydrogen-bond donors (Lipinski definition) is 1. The van der Waals surface area contributed by atoms with Crippen LogP contribution in [-0.4, -0.2) is 23.1 Å². The Morgan fingerprint density at radius 2 is 0.533 bits per heavy atom. The minimum absolute atomic E-state index is 0. The number of aliphatic hydroxyl groups is 1. The molecule has 1 N–H and O–H groups in total. The van der Waals surface area contributed by atoms with Crippen LogP contribution in [0.15, 0.2) is 0 Å². The second-order valence-corrected chi connectivity index (χ2v) is 13.2. The molecule has 0 aliphatic rings. The monoisotopic (exact) mass is 675 g/mol. The maximum Gasteiger partial charge on any atom is 2.00 e. The summed E-state index contributed by atoms with van der Waals surface area (Å²) in [7, 11) is 0. The molecule has 0 fully saturated rings. The summed E-state index contributed by atoms with van der Waals surface area (Å²) in [6, 6.07) is 0. The van der Waals surface area contributed by atoms with Crippen LogP contribution in [0, 0.1) is 0 Å². The number of carboxylic acids is 2. The predicted octanol–water partition coefficient (Wildman–Crippen LogP) is 10.4. The second-order valence-electron chi connectivity index (χ2n) is 13.2. The first-order valence-electron chi connectivity index (χ1n) is 19.4. The molecule has 0 aromatic carbocycles. The summed E-state index contributed by atoms with van der Waals surface area (Å²) >= 11 is 0. The van der Waals surface area contributed by atoms with Crippen molar-refractivity contribution in [3.63, 3.8) is 0 Å². The normalized spacial score (nSPS) is 10.4. The molecule has 0 aliphatic carbocycles. The molecule has 0 radical (unpaired) electrons. The molecular weight excluding hydrogens is 596 g/mol. The van der Waals surface area contributed by atoms with Gasteiger partial charge in [0.1, 0.15) is 0 Å². The van der Waals surface area contributed by atoms with Gasteiger partial charge in [-0.2, -0.15) is 0 Å². The molecule has 0 rings (SSSR count). The zero-order valence-corrected chi connectivity index (χ0v) is 32.3. The van der Waals surface area contributed by atoms with Gasteiger partial charge >= 0.3 is 21.7 Å². The van der Waals surface area contributed by atoms with E-state index in [9.17, 15) is 19.8 Å². The molecule has 0 aromatic heterocycles. The number of rotatable bonds is 32. The number of hydrogen-bond acceptors (Lipinski definition) is 5. The number of aliphatic hydroxyl groups excluding tert-OH is 1. The van der Waals surface area contributed by atoms with Crippen LogP contribution in [0.2, 0.25) is 0 Å². The molecular formula is C39H78O5Ti. The Balaban J connectivity index is -0.000000327. The molecule has 0 bridgehead atoms. The van der Waals surface area contributed by atoms with E-state index in [0.29, 0.717) is 0 Å². The van der Waals surface area contributed by atoms with E-state index < -0.39 is 11.9 Å². The Labute approximate surface area is 296 Å². The summed E-state index contributed by atoms with van der Waals surface area (Å²) in [5, 5.41) is 28.5. The van der Waals surface area contributed by atoms with Crippen molar-refractivity contribution in [1.82, 2.24) is 0 Å². The summed E-state index contributed by atoms with van der Waals surface area (Å²) in [5.74, 6) is -1.81. The van der Waals surface area contributed by atoms with E-state index >= 15 is 0 Å². The van der Waals surface area contributed by atoms with E-state index in [1.54, 1.807) is 13.8 Å². The van der Waals surface area contributed by atoms with E-state index in [-0.39, 0.29) is 40.7 Å². The molecule has 0 aliphatic heterocycles. The average molecular weight is 675 g/mol. The van der Waals surface area contributed by atoms with Crippen molar-refractivity contribution < 1.29 is 46.6 Å². The van der Waals surface area contributed by atoms with Gasteiger partial charge in [0, 0.05) is 18.0 Å². The standard InChI is InChI=1S/2C18H36O2.C3H8O.Ti/c2*1-2-3-4-5-6-7-8-9-10-11-12-13-14-15-16-17-18(19)20;1-3(2)4;/h2*2-17H2,1H3,(H,19,20);3-4H,1-2H3;/q;;;+2/p-2. The van der Waals surface area contributed by atoms with Crippen LogP contribution in [0.5, 0.6) is 0 Å². The van der Waals surface area contributed by atoms with Gasteiger partial charge in [0.25, 0.3) is 0 Å². The van der Waals surface area contributed by atoms with E-state index in [2.05, 4.69) is 13.8 Å². The Hall–Kier alpha value is -0.386. The van der Waals surface area contributed by atoms with Crippen molar-refractivity contribution in [1.29, 1.82) is 0 Å². The fraction of sp³-hybridized carbons (Fsp3) is 0.949. The molecule has 0 aromatic rings. The van der Waals surface area contributed by atoms with Gasteiger partial charge in [-0.3, -0.25) is 0 Å². The van der Waals surface area contributed by atoms with Crippen molar-refractivity contribution in [3.05, 3.63) is 0 Å². The molecule has 0 saturated heterocycles. The second kappa shape index (κ2) is 48.0. The van der Waals surface area contributed by atoms with Gasteiger partial charge in [0.2, 0.25) is 0 Å². The van der Waals surface area contributed by atoms with E-state index in [1.165, 1.54) is 167 Å². The first kappa shape index (κ1) is 51.4. The maximum atomic E-state index is 10.2. The predicted molar refractivity (Wildman–Crippen MR) is 186 cm³/mol. The molecule has 5 nitrogen and oxygen atoms in total. The number of unbranched alkanes of at least 4 members (excludes halogenated alkanes) is 28. The van der Waals surface area contributed by atoms with Gasteiger partial charge in [0.05, 0.1) is 0 Å². The van der Waals surface area contributed by atoms with Crippen LogP contribution >= 0.6 is 0 Å². The molecule has 6 heteroatoms. The van der Waals surface area contributed by atoms with Gasteiger partial charge in [0.15, 0.2) is 0 Å². The zero-order chi connectivity index (χ0) is 33.4. The minimum Gasteiger partial charge on any atom is -0.550 e. The molecule has 0 atom stereocenters. The topological polar surface area (TPSA) is 100 Å². The molecule has 0 amide bonds. The summed E-state index contributed by atoms with van der Waals surface area (Å²) in [6.45, 7) is 7.98. The van der Waals surface area contributed by atoms with Gasteiger partial charge in [-0.1, -0.05) is 194 Å². The number of carbonyl (C=O) groups excluding carboxylic acids is 2. The average Bonchev–Trinajstić information content (AvgIpc) is 2.97. The molecule has 0 spiro atoms. The maximum absolute atomic E-state index is 10.2. The van der Waals surface area contributed by atoms with Gasteiger partial charge < -0.3 is 24.9 Å². The molecule has 0 heterocycles. The van der Waals surface area contributed by atoms with Gasteiger partial charge in [-0.25, -0.2) is 0 Å². The van der Waals surface area contributed by atoms with Crippen LogP contribution in [0.3, 0.4) is 0 Å². The number of aliphatic carboxylic acids is 2. The van der Waals surface area contributed by atoms with Crippen LogP contribution in [0.4, 0.5) is 0 Å². The van der Waals surface area contributed by atoms with Crippen molar-refractivity contribution in [2.24, 2.45) is 0 Å². The van der Waals surface area contributed by atoms with Crippen LogP contribution < -0.4 is 10.2 Å². The van der Waals surface area contributed by atoms with Gasteiger partial charge in [-0.05, 0) is 39.5 Å². The third-order valence-electron chi connectivity index (χ3n) is 7.97. The van der Waals surface area contributed by atoms with Crippen molar-refractivity contribution >= 4 is 11.9 Å². The van der Waals surface area contributed by atoms with Crippen LogP contribution in [0.1, 0.15) is 233 Å². The molecule has 268 valence electrons. The van der Waals surface area contributed by atoms with Crippen molar-refractivity contribution in [2.45, 2.75) is 239 Å². The summed E-state index contributed by atoms with van der Waals surface area (Å²) in [4.78, 5) is 20.4. The van der Waals surface area contributed by atoms with Crippen LogP contribution in [0.25, 0.3) is 0 Å². The van der Waals surface area contributed by atoms with E-state index in [0.717, 1.165) is 25.7 Å². The Morgan fingerprint density at radius 3 is 0.667 bits per heavy atom. The smallest absolute Gasteiger partial charge is 0.550 e. The SMILES string of the molecule is CC(C)O.CCCCCCCCCCCCCCCCCC(=O)[O-].CCCCCCCCCCCCCCCCCC(=O)[O-].[Ti+2]. The quantitative estimate of drug-likeness (QED) is 0.0565. The first-order chi connectivity index (χ1) is 21.3. The Morgan fingerprint density at radius 1 is 0.400 bits per heavy atom. The van der Waals surface area contributed by atoms with E-state index in [4.69, 9.17) is 5.11 Å². The minimum atomic E-state index is -0.903. The molecule has 0 saturated carbocycles. The van der Waals surface area contributed by atoms with Crippen molar-refractivity contribution in [2.75, 3.05) is 0 Å². The summed E-state index contributed by atoms with van der Waals surface area (Å²) in [6.07, 6.45) is 39.5. The molecule has 0 unspecified atom stereocenters. The van der Waals surface area contributed by atoms with Crippen molar-refractivity contribution in [3.8, 4) is 0 Å². The molecule has 45 heavy (non-hydrogen) atoms. The number of carbonyl (C=O) groups is 2. The summed E-state index contributed by atoms with van der Waals surface area (Å²) < 4.78 is 0. The summed E-state index contributed by atoms with van der Waals surface area (Å²) in [5.41, 5.74) is 0. The zero-order valence-electron chi connectivity index (χ0n) is 30.8. The largest absolute Gasteiger partial charge is 2.00 e. The fourth-order valence-electron chi connectivity index (χ4n) is 5.28. The third-order valence-corrected chi connectivity index (χ3v) is 7.97. The fourth-order valence-corrected chi connectivity index (χ4v) is 5.28. The Bertz CT molecular complexity index is 495. The van der Waals surface area contributed by atoms with E-state index in [1.807, 2.05) is 0 Å². The third kappa shape index (κ3) is 66.8.